The molecule has 1 atom stereocenters. The minimum Gasteiger partial charge on any atom is -0.348 e. The number of thiophene rings is 1. The first kappa shape index (κ1) is 25.0. The number of nitrogens with one attached hydrogen (secondary N) is 1. The molecular weight excluding hydrogens is 522 g/mol. The number of carbonyl (C=O) groups excluding carboxylic acids is 2. The molecule has 2 aliphatic heterocycles. The Hall–Kier alpha value is -1.70. The molecule has 188 valence electrons. The number of hydrogen-bond acceptors (Lipinski definition) is 4. The van der Waals surface area contributed by atoms with Gasteiger partial charge in [0, 0.05) is 34.9 Å². The number of benzene rings is 1. The maximum absolute atomic E-state index is 13.4. The largest absolute Gasteiger partial charge is 0.348 e. The fourth-order valence-corrected chi connectivity index (χ4v) is 7.16. The number of rotatable bonds is 8. The van der Waals surface area contributed by atoms with Gasteiger partial charge in [-0.25, -0.2) is 0 Å². The average Bonchev–Trinajstić information content (AvgIpc) is 3.64. The molecule has 1 unspecified atom stereocenters. The van der Waals surface area contributed by atoms with E-state index in [-0.39, 0.29) is 23.3 Å². The number of amides is 2. The highest BCUT2D eigenvalue weighted by Gasteiger charge is 2.47. The van der Waals surface area contributed by atoms with Crippen molar-refractivity contribution in [1.29, 1.82) is 0 Å². The summed E-state index contributed by atoms with van der Waals surface area (Å²) in [6, 6.07) is 12.6. The standard InChI is InChI=1S/C28H36BrN3O2S/c29-23-9-7-21(8-10-23)20-32-18-14-28(27(32)34)12-16-31(17-13-28)15-11-24(25-6-3-19-35-25)30-26(33)22-4-1-2-5-22/h3,6-10,19,22,24H,1-2,4-5,11-18,20H2,(H,30,33). The van der Waals surface area contributed by atoms with Crippen LogP contribution >= 0.6 is 27.3 Å². The SMILES string of the molecule is O=C(NC(CCN1CCC2(CC1)CCN(Cc1ccc(Br)cc1)C2=O)c1cccs1)C1CCCC1. The Balaban J connectivity index is 1.13. The smallest absolute Gasteiger partial charge is 0.229 e. The molecule has 7 heteroatoms. The average molecular weight is 559 g/mol. The second-order valence-electron chi connectivity index (χ2n) is 10.6. The molecule has 1 aromatic heterocycles. The van der Waals surface area contributed by atoms with E-state index < -0.39 is 0 Å². The fraction of sp³-hybridized carbons (Fsp3) is 0.571. The van der Waals surface area contributed by atoms with Gasteiger partial charge in [0.2, 0.25) is 11.8 Å². The number of likely N-dealkylation sites (tertiary alicyclic amines) is 2. The van der Waals surface area contributed by atoms with E-state index in [0.29, 0.717) is 12.5 Å². The summed E-state index contributed by atoms with van der Waals surface area (Å²) >= 11 is 5.22. The first-order chi connectivity index (χ1) is 17.0. The molecule has 0 radical (unpaired) electrons. The molecular formula is C28H36BrN3O2S. The predicted octanol–water partition coefficient (Wildman–Crippen LogP) is 5.76. The van der Waals surface area contributed by atoms with E-state index in [0.717, 1.165) is 69.2 Å². The molecule has 1 aromatic carbocycles. The van der Waals surface area contributed by atoms with Crippen LogP contribution in [0.2, 0.25) is 0 Å². The first-order valence-corrected chi connectivity index (χ1v) is 14.8. The van der Waals surface area contributed by atoms with Crippen LogP contribution in [0.4, 0.5) is 0 Å². The van der Waals surface area contributed by atoms with Crippen LogP contribution in [0.25, 0.3) is 0 Å². The van der Waals surface area contributed by atoms with E-state index in [4.69, 9.17) is 0 Å². The Morgan fingerprint density at radius 3 is 2.49 bits per heavy atom. The minimum absolute atomic E-state index is 0.0912. The number of halogens is 1. The van der Waals surface area contributed by atoms with Gasteiger partial charge in [-0.05, 0) is 80.8 Å². The molecule has 1 saturated carbocycles. The van der Waals surface area contributed by atoms with Crippen LogP contribution in [0, 0.1) is 11.3 Å². The van der Waals surface area contributed by atoms with Crippen molar-refractivity contribution in [1.82, 2.24) is 15.1 Å². The maximum Gasteiger partial charge on any atom is 0.229 e. The van der Waals surface area contributed by atoms with Gasteiger partial charge in [-0.15, -0.1) is 11.3 Å². The third kappa shape index (κ3) is 5.83. The number of nitrogens with zero attached hydrogens (tertiary/aromatic N) is 2. The van der Waals surface area contributed by atoms with Gasteiger partial charge >= 0.3 is 0 Å². The Morgan fingerprint density at radius 1 is 1.09 bits per heavy atom. The Labute approximate surface area is 221 Å². The minimum atomic E-state index is -0.171. The third-order valence-corrected chi connectivity index (χ3v) is 9.88. The molecule has 2 aromatic rings. The summed E-state index contributed by atoms with van der Waals surface area (Å²) in [6.45, 7) is 4.46. The Kier molecular flexibility index (Phi) is 7.95. The van der Waals surface area contributed by atoms with Crippen LogP contribution < -0.4 is 5.32 Å². The summed E-state index contributed by atoms with van der Waals surface area (Å²) in [6.07, 6.45) is 8.21. The second-order valence-corrected chi connectivity index (χ2v) is 12.5. The van der Waals surface area contributed by atoms with Gasteiger partial charge < -0.3 is 15.1 Å². The molecule has 2 amide bonds. The lowest BCUT2D eigenvalue weighted by Gasteiger charge is -2.38. The lowest BCUT2D eigenvalue weighted by molar-refractivity contribution is -0.139. The van der Waals surface area contributed by atoms with E-state index >= 15 is 0 Å². The van der Waals surface area contributed by atoms with E-state index in [1.807, 2.05) is 12.1 Å². The molecule has 3 fully saturated rings. The quantitative estimate of drug-likeness (QED) is 0.448. The van der Waals surface area contributed by atoms with E-state index in [1.165, 1.54) is 23.3 Å². The van der Waals surface area contributed by atoms with Gasteiger partial charge in [0.25, 0.3) is 0 Å². The normalized spacial score (nSPS) is 21.6. The lowest BCUT2D eigenvalue weighted by Crippen LogP contribution is -2.45. The molecule has 1 aliphatic carbocycles. The molecule has 2 saturated heterocycles. The highest BCUT2D eigenvalue weighted by atomic mass is 79.9. The fourth-order valence-electron chi connectivity index (χ4n) is 6.09. The van der Waals surface area contributed by atoms with Gasteiger partial charge in [0.05, 0.1) is 11.5 Å². The monoisotopic (exact) mass is 557 g/mol. The maximum atomic E-state index is 13.4. The van der Waals surface area contributed by atoms with E-state index in [9.17, 15) is 9.59 Å². The van der Waals surface area contributed by atoms with Crippen LogP contribution in [-0.2, 0) is 16.1 Å². The Bertz CT molecular complexity index is 996. The molecule has 5 rings (SSSR count). The number of piperidine rings is 1. The summed E-state index contributed by atoms with van der Waals surface area (Å²) in [5.74, 6) is 0.780. The van der Waals surface area contributed by atoms with Crippen LogP contribution in [0.1, 0.15) is 67.8 Å². The van der Waals surface area contributed by atoms with Crippen LogP contribution in [-0.4, -0.2) is 47.8 Å². The zero-order valence-electron chi connectivity index (χ0n) is 20.4. The van der Waals surface area contributed by atoms with Gasteiger partial charge in [0.1, 0.15) is 0 Å². The second kappa shape index (κ2) is 11.1. The summed E-state index contributed by atoms with van der Waals surface area (Å²) < 4.78 is 1.07. The molecule has 35 heavy (non-hydrogen) atoms. The molecule has 1 spiro atoms. The van der Waals surface area contributed by atoms with E-state index in [1.54, 1.807) is 11.3 Å². The third-order valence-electron chi connectivity index (χ3n) is 8.36. The summed E-state index contributed by atoms with van der Waals surface area (Å²) in [7, 11) is 0. The van der Waals surface area contributed by atoms with Crippen molar-refractivity contribution >= 4 is 39.1 Å². The van der Waals surface area contributed by atoms with Gasteiger partial charge in [-0.3, -0.25) is 9.59 Å². The van der Waals surface area contributed by atoms with Crippen LogP contribution in [0.3, 0.4) is 0 Å². The Morgan fingerprint density at radius 2 is 1.80 bits per heavy atom. The van der Waals surface area contributed by atoms with Crippen LogP contribution in [0.15, 0.2) is 46.3 Å². The van der Waals surface area contributed by atoms with E-state index in [2.05, 4.69) is 60.7 Å². The lowest BCUT2D eigenvalue weighted by atomic mass is 9.77. The first-order valence-electron chi connectivity index (χ1n) is 13.1. The highest BCUT2D eigenvalue weighted by Crippen LogP contribution is 2.42. The van der Waals surface area contributed by atoms with Crippen molar-refractivity contribution in [3.8, 4) is 0 Å². The molecule has 3 heterocycles. The zero-order chi connectivity index (χ0) is 24.3. The van der Waals surface area contributed by atoms with Crippen LogP contribution in [0.5, 0.6) is 0 Å². The van der Waals surface area contributed by atoms with Crippen molar-refractivity contribution in [3.63, 3.8) is 0 Å². The molecule has 3 aliphatic rings. The van der Waals surface area contributed by atoms with Crippen molar-refractivity contribution in [3.05, 3.63) is 56.7 Å². The van der Waals surface area contributed by atoms with Gasteiger partial charge in [0.15, 0.2) is 0 Å². The number of hydrogen-bond donors (Lipinski definition) is 1. The van der Waals surface area contributed by atoms with Crippen molar-refractivity contribution < 1.29 is 9.59 Å². The highest BCUT2D eigenvalue weighted by molar-refractivity contribution is 9.10. The van der Waals surface area contributed by atoms with Gasteiger partial charge in [-0.2, -0.15) is 0 Å². The van der Waals surface area contributed by atoms with Crippen molar-refractivity contribution in [2.75, 3.05) is 26.2 Å². The van der Waals surface area contributed by atoms with Crippen molar-refractivity contribution in [2.24, 2.45) is 11.3 Å². The predicted molar refractivity (Wildman–Crippen MR) is 144 cm³/mol. The summed E-state index contributed by atoms with van der Waals surface area (Å²) in [5, 5.41) is 5.47. The van der Waals surface area contributed by atoms with Gasteiger partial charge in [-0.1, -0.05) is 47.0 Å². The molecule has 0 bridgehead atoms. The molecule has 1 N–H and O–H groups in total. The van der Waals surface area contributed by atoms with Crippen molar-refractivity contribution in [2.45, 2.75) is 64.0 Å². The number of carbonyl (C=O) groups is 2. The molecule has 5 nitrogen and oxygen atoms in total. The summed E-state index contributed by atoms with van der Waals surface area (Å²) in [5.41, 5.74) is 1.02. The zero-order valence-corrected chi connectivity index (χ0v) is 22.8. The summed E-state index contributed by atoms with van der Waals surface area (Å²) in [4.78, 5) is 32.0. The topological polar surface area (TPSA) is 52.7 Å².